The molecule has 122 valence electrons. The zero-order valence-electron chi connectivity index (χ0n) is 13.8. The van der Waals surface area contributed by atoms with Crippen LogP contribution in [0.3, 0.4) is 0 Å². The van der Waals surface area contributed by atoms with E-state index < -0.39 is 31.7 Å². The van der Waals surface area contributed by atoms with E-state index in [1.807, 2.05) is 29.7 Å². The molecule has 0 spiro atoms. The first-order valence-electron chi connectivity index (χ1n) is 8.10. The van der Waals surface area contributed by atoms with E-state index in [1.54, 1.807) is 0 Å². The fraction of sp³-hybridized carbons (Fsp3) is 0.300. The van der Waals surface area contributed by atoms with Crippen molar-refractivity contribution in [2.75, 3.05) is 0 Å². The van der Waals surface area contributed by atoms with Crippen molar-refractivity contribution >= 4 is 35.3 Å². The molecule has 0 aliphatic heterocycles. The quantitative estimate of drug-likeness (QED) is 0.435. The molecule has 2 aromatic rings. The van der Waals surface area contributed by atoms with Crippen molar-refractivity contribution in [2.45, 2.75) is 44.4 Å². The first kappa shape index (κ1) is 18.5. The molecule has 0 N–H and O–H groups in total. The number of aryl methyl sites for hydroxylation is 1. The van der Waals surface area contributed by atoms with Gasteiger partial charge < -0.3 is 0 Å². The molecule has 0 aliphatic rings. The van der Waals surface area contributed by atoms with Crippen LogP contribution in [0.15, 0.2) is 68.5 Å². The summed E-state index contributed by atoms with van der Waals surface area (Å²) in [4.78, 5) is 0.907. The van der Waals surface area contributed by atoms with Gasteiger partial charge in [0.1, 0.15) is 0 Å². The second-order valence-corrected chi connectivity index (χ2v) is 10.3. The summed E-state index contributed by atoms with van der Waals surface area (Å²) in [6, 6.07) is 18.7. The number of hydrogen-bond donors (Lipinski definition) is 0. The molecule has 2 rings (SSSR count). The van der Waals surface area contributed by atoms with Crippen LogP contribution < -0.4 is 3.61 Å². The summed E-state index contributed by atoms with van der Waals surface area (Å²) < 4.78 is 15.5. The minimum atomic E-state index is -1.03. The van der Waals surface area contributed by atoms with E-state index in [2.05, 4.69) is 44.2 Å². The fourth-order valence-electron chi connectivity index (χ4n) is 2.18. The van der Waals surface area contributed by atoms with Gasteiger partial charge in [0.15, 0.2) is 0 Å². The molecule has 0 heterocycles. The van der Waals surface area contributed by atoms with Crippen molar-refractivity contribution in [3.05, 3.63) is 69.2 Å². The fourth-order valence-corrected chi connectivity index (χ4v) is 6.69. The minimum absolute atomic E-state index is 0.423. The Kier molecular flexibility index (Phi) is 8.09. The number of unbranched alkanes of at least 4 members (excludes halogenated alkanes) is 2. The van der Waals surface area contributed by atoms with Gasteiger partial charge in [0, 0.05) is 0 Å². The summed E-state index contributed by atoms with van der Waals surface area (Å²) in [5, 5.41) is 2.02. The van der Waals surface area contributed by atoms with Crippen LogP contribution in [0.1, 0.15) is 38.2 Å². The van der Waals surface area contributed by atoms with Gasteiger partial charge >= 0.3 is 153 Å². The van der Waals surface area contributed by atoms with Crippen LogP contribution >= 0.6 is 0 Å². The second kappa shape index (κ2) is 10.1. The second-order valence-electron chi connectivity index (χ2n) is 5.57. The third kappa shape index (κ3) is 6.63. The molecule has 0 saturated heterocycles. The van der Waals surface area contributed by atoms with Gasteiger partial charge in [-0.3, -0.25) is 0 Å². The Morgan fingerprint density at radius 3 is 2.39 bits per heavy atom. The van der Waals surface area contributed by atoms with Gasteiger partial charge in [0.25, 0.3) is 0 Å². The molecule has 0 amide bonds. The van der Waals surface area contributed by atoms with E-state index >= 15 is 0 Å². The molecule has 0 aromatic heterocycles. The van der Waals surface area contributed by atoms with Gasteiger partial charge in [-0.25, -0.2) is 0 Å². The van der Waals surface area contributed by atoms with Crippen molar-refractivity contribution in [3.8, 4) is 0 Å². The molecule has 3 heteroatoms. The van der Waals surface area contributed by atoms with E-state index in [0.717, 1.165) is 11.3 Å². The molecule has 2 aromatic carbocycles. The molecule has 0 aliphatic carbocycles. The van der Waals surface area contributed by atoms with Crippen molar-refractivity contribution in [1.82, 2.24) is 0 Å². The SMILES string of the molecule is CCCCC/C(=C/S(=O)c1ccc(C)cc1)[Te]c1ccccc1. The van der Waals surface area contributed by atoms with Gasteiger partial charge in [0.05, 0.1) is 0 Å². The first-order valence-corrected chi connectivity index (χ1v) is 11.6. The molecule has 1 atom stereocenters. The molecule has 0 bridgehead atoms. The number of rotatable bonds is 8. The summed E-state index contributed by atoms with van der Waals surface area (Å²) in [5.41, 5.74) is 1.20. The van der Waals surface area contributed by atoms with E-state index in [1.165, 1.54) is 32.1 Å². The van der Waals surface area contributed by atoms with Gasteiger partial charge in [0.2, 0.25) is 0 Å². The topological polar surface area (TPSA) is 17.1 Å². The van der Waals surface area contributed by atoms with Crippen LogP contribution in [0.4, 0.5) is 0 Å². The number of benzene rings is 2. The van der Waals surface area contributed by atoms with E-state index in [9.17, 15) is 4.21 Å². The van der Waals surface area contributed by atoms with Crippen LogP contribution in [-0.2, 0) is 10.8 Å². The molecular weight excluding hydrogens is 416 g/mol. The molecule has 0 saturated carbocycles. The zero-order chi connectivity index (χ0) is 16.5. The average Bonchev–Trinajstić information content (AvgIpc) is 2.56. The standard InChI is InChI=1S/C20H24OSTe/c1-3-4-6-11-20(23-19-9-7-5-8-10-19)16-22(21)18-14-12-17(2)13-15-18/h5,7-10,12-16H,3-4,6,11H2,1-2H3/b20-16-. The normalized spacial score (nSPS) is 13.0. The van der Waals surface area contributed by atoms with Gasteiger partial charge in [-0.1, -0.05) is 0 Å². The molecule has 0 radical (unpaired) electrons. The summed E-state index contributed by atoms with van der Waals surface area (Å²) in [6.07, 6.45) is 4.75. The monoisotopic (exact) mass is 442 g/mol. The Labute approximate surface area is 152 Å². The van der Waals surface area contributed by atoms with Gasteiger partial charge in [-0.2, -0.15) is 0 Å². The predicted octanol–water partition coefficient (Wildman–Crippen LogP) is 4.55. The van der Waals surface area contributed by atoms with Crippen LogP contribution in [0, 0.1) is 6.92 Å². The predicted molar refractivity (Wildman–Crippen MR) is 102 cm³/mol. The Bertz CT molecular complexity index is 647. The van der Waals surface area contributed by atoms with Gasteiger partial charge in [-0.05, 0) is 0 Å². The molecule has 1 unspecified atom stereocenters. The third-order valence-electron chi connectivity index (χ3n) is 3.51. The maximum absolute atomic E-state index is 12.6. The average molecular weight is 440 g/mol. The van der Waals surface area contributed by atoms with E-state index in [-0.39, 0.29) is 0 Å². The van der Waals surface area contributed by atoms with E-state index in [4.69, 9.17) is 0 Å². The zero-order valence-corrected chi connectivity index (χ0v) is 17.0. The Morgan fingerprint density at radius 2 is 1.74 bits per heavy atom. The van der Waals surface area contributed by atoms with Crippen LogP contribution in [0.2, 0.25) is 0 Å². The third-order valence-corrected chi connectivity index (χ3v) is 8.33. The van der Waals surface area contributed by atoms with Crippen molar-refractivity contribution in [2.24, 2.45) is 0 Å². The molecule has 1 nitrogen and oxygen atoms in total. The van der Waals surface area contributed by atoms with Crippen LogP contribution in [0.5, 0.6) is 0 Å². The molecular formula is C20H24OSTe. The van der Waals surface area contributed by atoms with Crippen molar-refractivity contribution in [3.63, 3.8) is 0 Å². The summed E-state index contributed by atoms with van der Waals surface area (Å²) in [5.74, 6) is 0. The Morgan fingerprint density at radius 1 is 1.04 bits per heavy atom. The molecule has 0 fully saturated rings. The number of allylic oxidation sites excluding steroid dienone is 1. The Balaban J connectivity index is 2.13. The summed E-state index contributed by atoms with van der Waals surface area (Å²) in [7, 11) is -1.03. The molecule has 23 heavy (non-hydrogen) atoms. The van der Waals surface area contributed by atoms with Crippen molar-refractivity contribution < 1.29 is 4.21 Å². The maximum atomic E-state index is 12.6. The van der Waals surface area contributed by atoms with Crippen molar-refractivity contribution in [1.29, 1.82) is 0 Å². The van der Waals surface area contributed by atoms with Crippen LogP contribution in [0.25, 0.3) is 0 Å². The Hall–Kier alpha value is -0.880. The van der Waals surface area contributed by atoms with E-state index in [0.29, 0.717) is 0 Å². The van der Waals surface area contributed by atoms with Gasteiger partial charge in [-0.15, -0.1) is 0 Å². The summed E-state index contributed by atoms with van der Waals surface area (Å²) >= 11 is -0.423. The van der Waals surface area contributed by atoms with Crippen LogP contribution in [-0.4, -0.2) is 25.1 Å². The first-order chi connectivity index (χ1) is 11.2. The summed E-state index contributed by atoms with van der Waals surface area (Å²) in [6.45, 7) is 4.28. The number of hydrogen-bond acceptors (Lipinski definition) is 1.